The van der Waals surface area contributed by atoms with E-state index < -0.39 is 60.5 Å². The van der Waals surface area contributed by atoms with Crippen LogP contribution in [0.3, 0.4) is 0 Å². The molecule has 5 N–H and O–H groups in total. The molecular formula is C9H15NO9. The summed E-state index contributed by atoms with van der Waals surface area (Å²) in [6, 6.07) is 0. The third kappa shape index (κ3) is 2.02. The first-order valence-electron chi connectivity index (χ1n) is 5.94. The van der Waals surface area contributed by atoms with Crippen LogP contribution in [0.5, 0.6) is 0 Å². The number of ketones is 1. The van der Waals surface area contributed by atoms with Crippen molar-refractivity contribution in [2.75, 3.05) is 6.61 Å². The number of ether oxygens (including phenoxy) is 1. The topological polar surface area (TPSA) is 171 Å². The predicted molar refractivity (Wildman–Crippen MR) is 56.2 cm³/mol. The van der Waals surface area contributed by atoms with Crippen LogP contribution in [0.15, 0.2) is 0 Å². The van der Waals surface area contributed by atoms with Crippen molar-refractivity contribution in [2.45, 2.75) is 43.1 Å². The summed E-state index contributed by atoms with van der Waals surface area (Å²) in [5.41, 5.74) is -3.72. The summed E-state index contributed by atoms with van der Waals surface area (Å²) in [6.07, 6.45) is -7.10. The summed E-state index contributed by atoms with van der Waals surface area (Å²) in [7, 11) is 0. The molecule has 110 valence electrons. The van der Waals surface area contributed by atoms with Gasteiger partial charge in [-0.25, -0.2) is 0 Å². The van der Waals surface area contributed by atoms with Crippen molar-refractivity contribution in [1.29, 1.82) is 0 Å². The Labute approximate surface area is 108 Å². The molecule has 0 bridgehead atoms. The van der Waals surface area contributed by atoms with Crippen LogP contribution in [0.4, 0.5) is 0 Å². The Morgan fingerprint density at radius 2 is 2.11 bits per heavy atom. The SMILES string of the molecule is [2H]CCC(=O)C1(O)O[C@H](CO)[C@@H](O)[C@H](O)[C@]1(O)[N+](=O)[O-]. The number of carbonyl (C=O) groups excluding carboxylic acids is 1. The van der Waals surface area contributed by atoms with Gasteiger partial charge in [0.2, 0.25) is 5.78 Å². The number of aliphatic hydroxyl groups excluding tert-OH is 3. The normalized spacial score (nSPS) is 43.6. The Morgan fingerprint density at radius 1 is 1.53 bits per heavy atom. The fourth-order valence-corrected chi connectivity index (χ4v) is 1.83. The van der Waals surface area contributed by atoms with Gasteiger partial charge in [0.25, 0.3) is 0 Å². The molecule has 0 spiro atoms. The summed E-state index contributed by atoms with van der Waals surface area (Å²) in [5, 5.41) is 58.9. The van der Waals surface area contributed by atoms with Crippen molar-refractivity contribution in [3.8, 4) is 0 Å². The van der Waals surface area contributed by atoms with E-state index in [1.54, 1.807) is 0 Å². The van der Waals surface area contributed by atoms with Gasteiger partial charge >= 0.3 is 11.5 Å². The van der Waals surface area contributed by atoms with Crippen LogP contribution in [0.25, 0.3) is 0 Å². The number of Topliss-reactive ketones (excluding diaryl/α,β-unsaturated/α-hetero) is 1. The summed E-state index contributed by atoms with van der Waals surface area (Å²) in [5.74, 6) is -4.90. The lowest BCUT2D eigenvalue weighted by Crippen LogP contribution is -2.78. The highest BCUT2D eigenvalue weighted by molar-refractivity contribution is 5.86. The maximum Gasteiger partial charge on any atom is 0.412 e. The van der Waals surface area contributed by atoms with E-state index in [9.17, 15) is 35.3 Å². The van der Waals surface area contributed by atoms with Gasteiger partial charge in [0.15, 0.2) is 6.10 Å². The van der Waals surface area contributed by atoms with E-state index in [2.05, 4.69) is 4.74 Å². The fourth-order valence-electron chi connectivity index (χ4n) is 1.83. The molecule has 0 radical (unpaired) electrons. The third-order valence-electron chi connectivity index (χ3n) is 3.00. The highest BCUT2D eigenvalue weighted by atomic mass is 16.7. The van der Waals surface area contributed by atoms with E-state index in [4.69, 9.17) is 6.48 Å². The monoisotopic (exact) mass is 282 g/mol. The zero-order valence-corrected chi connectivity index (χ0v) is 9.67. The van der Waals surface area contributed by atoms with Crippen molar-refractivity contribution in [1.82, 2.24) is 0 Å². The second kappa shape index (κ2) is 5.07. The number of hydrogen-bond donors (Lipinski definition) is 5. The number of hydrogen-bond acceptors (Lipinski definition) is 9. The molecule has 1 fully saturated rings. The van der Waals surface area contributed by atoms with Crippen molar-refractivity contribution >= 4 is 5.78 Å². The first kappa shape index (κ1) is 14.2. The molecule has 0 aromatic heterocycles. The highest BCUT2D eigenvalue weighted by Crippen LogP contribution is 2.38. The average Bonchev–Trinajstić information content (AvgIpc) is 2.40. The van der Waals surface area contributed by atoms with Gasteiger partial charge in [0.05, 0.1) is 11.5 Å². The van der Waals surface area contributed by atoms with Gasteiger partial charge in [-0.15, -0.1) is 0 Å². The lowest BCUT2D eigenvalue weighted by Gasteiger charge is -2.45. The van der Waals surface area contributed by atoms with Crippen molar-refractivity contribution in [2.24, 2.45) is 0 Å². The summed E-state index contributed by atoms with van der Waals surface area (Å²) in [6.45, 7) is -1.52. The lowest BCUT2D eigenvalue weighted by molar-refractivity contribution is -0.686. The third-order valence-corrected chi connectivity index (χ3v) is 3.00. The van der Waals surface area contributed by atoms with Crippen molar-refractivity contribution in [3.63, 3.8) is 0 Å². The van der Waals surface area contributed by atoms with Crippen LogP contribution in [0.2, 0.25) is 0 Å². The highest BCUT2D eigenvalue weighted by Gasteiger charge is 2.75. The van der Waals surface area contributed by atoms with Crippen molar-refractivity contribution < 1.29 is 41.4 Å². The zero-order valence-electron chi connectivity index (χ0n) is 10.7. The standard InChI is InChI=1S/C9H15NO9/c1-2-5(12)9(16)8(15,10(17)18)7(14)6(13)4(3-11)19-9/h4,6-7,11,13-16H,2-3H2,1H3/t4-,6-,7+,8-,9?/m1/s1/i1D. The van der Waals surface area contributed by atoms with Gasteiger partial charge in [-0.1, -0.05) is 6.90 Å². The van der Waals surface area contributed by atoms with Crippen LogP contribution >= 0.6 is 0 Å². The number of carbonyl (C=O) groups is 1. The quantitative estimate of drug-likeness (QED) is 0.201. The fraction of sp³-hybridized carbons (Fsp3) is 0.889. The molecule has 0 saturated carbocycles. The summed E-state index contributed by atoms with van der Waals surface area (Å²) >= 11 is 0. The maximum atomic E-state index is 11.7. The van der Waals surface area contributed by atoms with Gasteiger partial charge in [-0.3, -0.25) is 14.9 Å². The largest absolute Gasteiger partial charge is 0.412 e. The number of nitro groups is 1. The second-order valence-electron chi connectivity index (χ2n) is 4.07. The Hall–Kier alpha value is -1.17. The Balaban J connectivity index is 3.34. The molecule has 0 aromatic carbocycles. The minimum absolute atomic E-state index is 0.555. The van der Waals surface area contributed by atoms with Crippen LogP contribution in [-0.2, 0) is 9.53 Å². The maximum absolute atomic E-state index is 11.7. The number of nitrogens with zero attached hydrogens (tertiary/aromatic N) is 1. The van der Waals surface area contributed by atoms with Crippen LogP contribution in [0.1, 0.15) is 14.7 Å². The Morgan fingerprint density at radius 3 is 2.53 bits per heavy atom. The van der Waals surface area contributed by atoms with Crippen LogP contribution < -0.4 is 0 Å². The molecule has 1 aliphatic heterocycles. The molecule has 19 heavy (non-hydrogen) atoms. The van der Waals surface area contributed by atoms with E-state index in [-0.39, 0.29) is 0 Å². The average molecular weight is 282 g/mol. The van der Waals surface area contributed by atoms with Crippen LogP contribution in [-0.4, -0.2) is 72.7 Å². The molecule has 10 heteroatoms. The molecule has 0 aromatic rings. The smallest absolute Gasteiger partial charge is 0.394 e. The molecule has 1 rings (SSSR count). The minimum Gasteiger partial charge on any atom is -0.394 e. The summed E-state index contributed by atoms with van der Waals surface area (Å²) < 4.78 is 11.4. The van der Waals surface area contributed by atoms with Gasteiger partial charge < -0.3 is 30.3 Å². The molecule has 1 heterocycles. The van der Waals surface area contributed by atoms with Gasteiger partial charge in [0, 0.05) is 7.79 Å². The van der Waals surface area contributed by atoms with Crippen molar-refractivity contribution in [3.05, 3.63) is 10.1 Å². The zero-order chi connectivity index (χ0) is 15.7. The molecule has 5 atom stereocenters. The first-order valence-corrected chi connectivity index (χ1v) is 5.23. The summed E-state index contributed by atoms with van der Waals surface area (Å²) in [4.78, 5) is 21.1. The molecule has 1 aliphatic rings. The second-order valence-corrected chi connectivity index (χ2v) is 4.07. The van der Waals surface area contributed by atoms with Gasteiger partial charge in [-0.2, -0.15) is 0 Å². The number of aliphatic hydroxyl groups is 5. The predicted octanol–water partition coefficient (Wildman–Crippen LogP) is -3.27. The molecule has 0 aliphatic carbocycles. The first-order chi connectivity index (χ1) is 9.16. The lowest BCUT2D eigenvalue weighted by atomic mass is 9.84. The molecule has 1 saturated heterocycles. The van der Waals surface area contributed by atoms with E-state index in [0.29, 0.717) is 0 Å². The Bertz CT molecular complexity index is 407. The molecule has 0 amide bonds. The Kier molecular flexibility index (Phi) is 3.80. The van der Waals surface area contributed by atoms with Gasteiger partial charge in [0.1, 0.15) is 12.2 Å². The molecule has 1 unspecified atom stereocenters. The van der Waals surface area contributed by atoms with E-state index in [0.717, 1.165) is 0 Å². The van der Waals surface area contributed by atoms with E-state index in [1.165, 1.54) is 0 Å². The molecule has 10 nitrogen and oxygen atoms in total. The van der Waals surface area contributed by atoms with Crippen LogP contribution in [0, 0.1) is 10.1 Å². The molecular weight excluding hydrogens is 266 g/mol. The number of rotatable bonds is 4. The van der Waals surface area contributed by atoms with E-state index >= 15 is 0 Å². The van der Waals surface area contributed by atoms with E-state index in [1.807, 2.05) is 0 Å². The minimum atomic E-state index is -3.72. The van der Waals surface area contributed by atoms with Gasteiger partial charge in [-0.05, 0) is 0 Å².